The van der Waals surface area contributed by atoms with Gasteiger partial charge in [-0.15, -0.1) is 0 Å². The Labute approximate surface area is 149 Å². The third kappa shape index (κ3) is 3.37. The SMILES string of the molecule is Cc1ncnc(N(C)C2CC(C(O)c3ccc(F)c(F)c3)[C@@H](O)[C@H]2O)n1. The van der Waals surface area contributed by atoms with Crippen molar-refractivity contribution in [1.29, 1.82) is 0 Å². The van der Waals surface area contributed by atoms with Gasteiger partial charge in [0.2, 0.25) is 5.95 Å². The van der Waals surface area contributed by atoms with Crippen LogP contribution in [0.2, 0.25) is 0 Å². The van der Waals surface area contributed by atoms with Gasteiger partial charge in [0.25, 0.3) is 0 Å². The van der Waals surface area contributed by atoms with Crippen LogP contribution in [0, 0.1) is 24.5 Å². The second-order valence-electron chi connectivity index (χ2n) is 6.51. The molecule has 3 N–H and O–H groups in total. The summed E-state index contributed by atoms with van der Waals surface area (Å²) in [6.45, 7) is 1.70. The lowest BCUT2D eigenvalue weighted by Gasteiger charge is -2.27. The summed E-state index contributed by atoms with van der Waals surface area (Å²) in [5, 5.41) is 31.3. The molecule has 3 unspecified atom stereocenters. The second kappa shape index (κ2) is 7.18. The van der Waals surface area contributed by atoms with E-state index in [2.05, 4.69) is 15.0 Å². The molecule has 1 aromatic carbocycles. The van der Waals surface area contributed by atoms with Gasteiger partial charge in [-0.1, -0.05) is 6.07 Å². The largest absolute Gasteiger partial charge is 0.390 e. The molecule has 0 radical (unpaired) electrons. The Morgan fingerprint density at radius 3 is 2.54 bits per heavy atom. The Morgan fingerprint density at radius 2 is 1.88 bits per heavy atom. The van der Waals surface area contributed by atoms with Crippen molar-refractivity contribution >= 4 is 5.95 Å². The molecule has 2 aromatic rings. The first-order valence-corrected chi connectivity index (χ1v) is 8.17. The zero-order valence-corrected chi connectivity index (χ0v) is 14.3. The molecule has 0 saturated heterocycles. The van der Waals surface area contributed by atoms with Crippen LogP contribution in [0.1, 0.15) is 23.9 Å². The molecule has 1 saturated carbocycles. The number of rotatable bonds is 4. The predicted molar refractivity (Wildman–Crippen MR) is 88.2 cm³/mol. The number of nitrogens with zero attached hydrogens (tertiary/aromatic N) is 4. The Bertz CT molecular complexity index is 794. The molecule has 140 valence electrons. The van der Waals surface area contributed by atoms with E-state index in [-0.39, 0.29) is 12.0 Å². The maximum Gasteiger partial charge on any atom is 0.228 e. The van der Waals surface area contributed by atoms with Crippen molar-refractivity contribution in [2.75, 3.05) is 11.9 Å². The van der Waals surface area contributed by atoms with E-state index in [0.717, 1.165) is 12.1 Å². The van der Waals surface area contributed by atoms with Gasteiger partial charge in [-0.2, -0.15) is 4.98 Å². The summed E-state index contributed by atoms with van der Waals surface area (Å²) < 4.78 is 26.5. The van der Waals surface area contributed by atoms with Crippen LogP contribution in [0.15, 0.2) is 24.5 Å². The lowest BCUT2D eigenvalue weighted by atomic mass is 9.92. The molecule has 0 spiro atoms. The van der Waals surface area contributed by atoms with Gasteiger partial charge < -0.3 is 20.2 Å². The summed E-state index contributed by atoms with van der Waals surface area (Å²) in [7, 11) is 1.67. The fourth-order valence-electron chi connectivity index (χ4n) is 3.37. The van der Waals surface area contributed by atoms with Crippen molar-refractivity contribution in [3.63, 3.8) is 0 Å². The summed E-state index contributed by atoms with van der Waals surface area (Å²) in [5.74, 6) is -2.02. The van der Waals surface area contributed by atoms with E-state index in [1.165, 1.54) is 12.4 Å². The molecular formula is C17H20F2N4O3. The van der Waals surface area contributed by atoms with Crippen LogP contribution in [-0.2, 0) is 0 Å². The molecule has 0 aliphatic heterocycles. The summed E-state index contributed by atoms with van der Waals surface area (Å²) in [4.78, 5) is 13.8. The first-order valence-electron chi connectivity index (χ1n) is 8.17. The van der Waals surface area contributed by atoms with Gasteiger partial charge in [0.1, 0.15) is 18.3 Å². The van der Waals surface area contributed by atoms with E-state index in [1.807, 2.05) is 0 Å². The van der Waals surface area contributed by atoms with Gasteiger partial charge in [-0.25, -0.2) is 18.7 Å². The van der Waals surface area contributed by atoms with Crippen LogP contribution < -0.4 is 4.90 Å². The van der Waals surface area contributed by atoms with E-state index >= 15 is 0 Å². The fraction of sp³-hybridized carbons (Fsp3) is 0.471. The molecular weight excluding hydrogens is 346 g/mol. The van der Waals surface area contributed by atoms with E-state index in [0.29, 0.717) is 11.8 Å². The predicted octanol–water partition coefficient (Wildman–Crippen LogP) is 0.738. The maximum absolute atomic E-state index is 13.4. The molecule has 1 aromatic heterocycles. The fourth-order valence-corrected chi connectivity index (χ4v) is 3.37. The molecule has 1 aliphatic rings. The number of halogens is 2. The van der Waals surface area contributed by atoms with Gasteiger partial charge in [0.05, 0.1) is 18.2 Å². The van der Waals surface area contributed by atoms with Gasteiger partial charge in [-0.3, -0.25) is 0 Å². The minimum absolute atomic E-state index is 0.138. The number of likely N-dealkylation sites (N-methyl/N-ethyl adjacent to an activating group) is 1. The van der Waals surface area contributed by atoms with E-state index in [1.54, 1.807) is 18.9 Å². The summed E-state index contributed by atoms with van der Waals surface area (Å²) in [5.41, 5.74) is 0.138. The first kappa shape index (κ1) is 18.6. The highest BCUT2D eigenvalue weighted by Gasteiger charge is 2.47. The minimum atomic E-state index is -1.26. The normalized spacial score (nSPS) is 26.7. The highest BCUT2D eigenvalue weighted by Crippen LogP contribution is 2.39. The number of hydrogen-bond donors (Lipinski definition) is 3. The van der Waals surface area contributed by atoms with Gasteiger partial charge in [0, 0.05) is 13.0 Å². The minimum Gasteiger partial charge on any atom is -0.390 e. The highest BCUT2D eigenvalue weighted by molar-refractivity contribution is 5.32. The van der Waals surface area contributed by atoms with Crippen LogP contribution in [0.5, 0.6) is 0 Å². The molecule has 7 nitrogen and oxygen atoms in total. The lowest BCUT2D eigenvalue weighted by Crippen LogP contribution is -2.42. The number of aryl methyl sites for hydroxylation is 1. The van der Waals surface area contributed by atoms with Crippen molar-refractivity contribution in [3.8, 4) is 0 Å². The Hall–Kier alpha value is -2.23. The van der Waals surface area contributed by atoms with Crippen LogP contribution in [0.4, 0.5) is 14.7 Å². The standard InChI is InChI=1S/C17H20F2N4O3/c1-8-20-7-21-17(22-8)23(2)13-6-10(15(25)16(13)26)14(24)9-3-4-11(18)12(19)5-9/h3-5,7,10,13-16,24-26H,6H2,1-2H3/t10?,13?,14?,15-,16+/m1/s1. The van der Waals surface area contributed by atoms with Crippen molar-refractivity contribution in [1.82, 2.24) is 15.0 Å². The number of hydrogen-bond acceptors (Lipinski definition) is 7. The van der Waals surface area contributed by atoms with Crippen LogP contribution in [0.25, 0.3) is 0 Å². The molecule has 26 heavy (non-hydrogen) atoms. The molecule has 0 amide bonds. The lowest BCUT2D eigenvalue weighted by molar-refractivity contribution is -0.0232. The highest BCUT2D eigenvalue weighted by atomic mass is 19.2. The Kier molecular flexibility index (Phi) is 5.12. The summed E-state index contributed by atoms with van der Waals surface area (Å²) in [6.07, 6.45) is -2.10. The molecule has 9 heteroatoms. The summed E-state index contributed by atoms with van der Waals surface area (Å²) in [6, 6.07) is 2.51. The van der Waals surface area contributed by atoms with E-state index < -0.39 is 41.9 Å². The second-order valence-corrected chi connectivity index (χ2v) is 6.51. The van der Waals surface area contributed by atoms with Gasteiger partial charge in [-0.05, 0) is 31.0 Å². The molecule has 1 fully saturated rings. The third-order valence-electron chi connectivity index (χ3n) is 4.88. The third-order valence-corrected chi connectivity index (χ3v) is 4.88. The zero-order chi connectivity index (χ0) is 19.0. The quantitative estimate of drug-likeness (QED) is 0.733. The van der Waals surface area contributed by atoms with Crippen LogP contribution in [0.3, 0.4) is 0 Å². The summed E-state index contributed by atoms with van der Waals surface area (Å²) >= 11 is 0. The van der Waals surface area contributed by atoms with Crippen molar-refractivity contribution in [2.24, 2.45) is 5.92 Å². The molecule has 1 aliphatic carbocycles. The number of anilines is 1. The molecule has 3 rings (SSSR count). The average Bonchev–Trinajstić information content (AvgIpc) is 2.91. The van der Waals surface area contributed by atoms with Crippen LogP contribution in [-0.4, -0.2) is 55.6 Å². The Morgan fingerprint density at radius 1 is 1.15 bits per heavy atom. The Balaban J connectivity index is 1.81. The van der Waals surface area contributed by atoms with E-state index in [9.17, 15) is 24.1 Å². The number of benzene rings is 1. The van der Waals surface area contributed by atoms with Crippen molar-refractivity contribution in [3.05, 3.63) is 47.5 Å². The topological polar surface area (TPSA) is 103 Å². The molecule has 5 atom stereocenters. The van der Waals surface area contributed by atoms with Gasteiger partial charge in [0.15, 0.2) is 11.6 Å². The molecule has 0 bridgehead atoms. The first-order chi connectivity index (χ1) is 12.3. The van der Waals surface area contributed by atoms with Crippen molar-refractivity contribution in [2.45, 2.75) is 37.7 Å². The zero-order valence-electron chi connectivity index (χ0n) is 14.3. The van der Waals surface area contributed by atoms with Crippen molar-refractivity contribution < 1.29 is 24.1 Å². The number of aliphatic hydroxyl groups excluding tert-OH is 3. The van der Waals surface area contributed by atoms with Crippen LogP contribution >= 0.6 is 0 Å². The molecule has 1 heterocycles. The van der Waals surface area contributed by atoms with Gasteiger partial charge >= 0.3 is 0 Å². The van der Waals surface area contributed by atoms with E-state index in [4.69, 9.17) is 0 Å². The average molecular weight is 366 g/mol. The maximum atomic E-state index is 13.4. The number of aromatic nitrogens is 3. The monoisotopic (exact) mass is 366 g/mol. The smallest absolute Gasteiger partial charge is 0.228 e. The number of aliphatic hydroxyl groups is 3.